The average molecular weight is 655 g/mol. The Hall–Kier alpha value is -4.76. The van der Waals surface area contributed by atoms with Crippen LogP contribution in [0.2, 0.25) is 0 Å². The number of carboxylic acids is 1. The number of nitrogens with one attached hydrogen (secondary N) is 2. The van der Waals surface area contributed by atoms with Gasteiger partial charge in [0.1, 0.15) is 11.4 Å². The molecule has 246 valence electrons. The van der Waals surface area contributed by atoms with Crippen LogP contribution in [-0.2, 0) is 19.4 Å². The largest absolute Gasteiger partial charge is 0.495 e. The summed E-state index contributed by atoms with van der Waals surface area (Å²) >= 11 is 0. The third-order valence-corrected chi connectivity index (χ3v) is 9.49. The summed E-state index contributed by atoms with van der Waals surface area (Å²) in [6, 6.07) is 11.0. The number of nitrogens with zero attached hydrogens (tertiary/aromatic N) is 3. The number of amides is 1. The third kappa shape index (κ3) is 7.72. The molecule has 1 aliphatic heterocycles. The highest BCUT2D eigenvalue weighted by molar-refractivity contribution is 7.93. The molecule has 2 aromatic carbocycles. The number of carbonyl (C=O) groups is 3. The number of rotatable bonds is 11. The van der Waals surface area contributed by atoms with Gasteiger partial charge >= 0.3 is 11.9 Å². The molecule has 1 fully saturated rings. The number of esters is 1. The molecule has 14 nitrogen and oxygen atoms in total. The van der Waals surface area contributed by atoms with Gasteiger partial charge in [-0.05, 0) is 82.1 Å². The smallest absolute Gasteiger partial charge is 0.344 e. The Balaban J connectivity index is 1.50. The first-order valence-corrected chi connectivity index (χ1v) is 16.0. The highest BCUT2D eigenvalue weighted by atomic mass is 32.2. The van der Waals surface area contributed by atoms with Crippen molar-refractivity contribution in [3.63, 3.8) is 0 Å². The molecule has 3 aromatic rings. The van der Waals surface area contributed by atoms with Gasteiger partial charge in [-0.15, -0.1) is 0 Å². The summed E-state index contributed by atoms with van der Waals surface area (Å²) in [5.74, 6) is -2.24. The predicted octanol–water partition coefficient (Wildman–Crippen LogP) is 2.46. The quantitative estimate of drug-likeness (QED) is 0.220. The van der Waals surface area contributed by atoms with Crippen LogP contribution in [0.15, 0.2) is 65.8 Å². The summed E-state index contributed by atoms with van der Waals surface area (Å²) in [5.41, 5.74) is 5.95. The van der Waals surface area contributed by atoms with Crippen molar-refractivity contribution in [3.05, 3.63) is 72.1 Å². The Morgan fingerprint density at radius 3 is 2.20 bits per heavy atom. The van der Waals surface area contributed by atoms with Crippen molar-refractivity contribution < 1.29 is 37.4 Å². The lowest BCUT2D eigenvalue weighted by molar-refractivity contribution is -0.157. The van der Waals surface area contributed by atoms with Crippen molar-refractivity contribution in [2.75, 3.05) is 37.0 Å². The molecule has 4 rings (SSSR count). The summed E-state index contributed by atoms with van der Waals surface area (Å²) in [6.45, 7) is 5.22. The highest BCUT2D eigenvalue weighted by Crippen LogP contribution is 2.32. The number of benzene rings is 2. The summed E-state index contributed by atoms with van der Waals surface area (Å²) in [5, 5.41) is 15.0. The van der Waals surface area contributed by atoms with E-state index in [1.807, 2.05) is 0 Å². The molecule has 0 bridgehead atoms. The van der Waals surface area contributed by atoms with Gasteiger partial charge in [-0.1, -0.05) is 0 Å². The van der Waals surface area contributed by atoms with E-state index in [-0.39, 0.29) is 17.2 Å². The standard InChI is InChI=1S/C31H38N6O8S/c1-30(2,3)45-28(41)31(32,46(42,43)23-9-6-20(7-10-23)27(39)40)19-35-26(38)21-8-11-24(25(18-21)44-4)37-16-12-22(13-17-37)36-29-33-14-5-15-34-29/h5-11,14-15,18,22H,12-13,16-17,19,32H2,1-4H3,(H,35,38)(H,39,40)(H,33,34,36)/t31-/m0/s1. The first kappa shape index (κ1) is 34.1. The Kier molecular flexibility index (Phi) is 10.2. The second-order valence-electron chi connectivity index (χ2n) is 11.8. The summed E-state index contributed by atoms with van der Waals surface area (Å²) in [4.78, 5) is 45.2. The van der Waals surface area contributed by atoms with Crippen LogP contribution < -0.4 is 26.0 Å². The average Bonchev–Trinajstić information content (AvgIpc) is 3.03. The maximum absolute atomic E-state index is 13.7. The fourth-order valence-corrected chi connectivity index (χ4v) is 6.28. The van der Waals surface area contributed by atoms with Crippen LogP contribution in [0.5, 0.6) is 5.75 Å². The molecule has 0 radical (unpaired) electrons. The lowest BCUT2D eigenvalue weighted by atomic mass is 10.0. The molecule has 5 N–H and O–H groups in total. The Morgan fingerprint density at radius 1 is 1.02 bits per heavy atom. The molecule has 1 amide bonds. The van der Waals surface area contributed by atoms with Crippen molar-refractivity contribution >= 4 is 39.3 Å². The van der Waals surface area contributed by atoms with Crippen molar-refractivity contribution in [1.82, 2.24) is 15.3 Å². The van der Waals surface area contributed by atoms with E-state index < -0.39 is 49.6 Å². The van der Waals surface area contributed by atoms with Gasteiger partial charge in [-0.25, -0.2) is 28.0 Å². The van der Waals surface area contributed by atoms with Gasteiger partial charge in [0.15, 0.2) is 0 Å². The van der Waals surface area contributed by atoms with E-state index in [2.05, 4.69) is 25.5 Å². The second kappa shape index (κ2) is 13.7. The molecule has 2 heterocycles. The molecular weight excluding hydrogens is 616 g/mol. The molecule has 0 aliphatic carbocycles. The highest BCUT2D eigenvalue weighted by Gasteiger charge is 2.51. The topological polar surface area (TPSA) is 203 Å². The first-order chi connectivity index (χ1) is 21.6. The zero-order valence-electron chi connectivity index (χ0n) is 26.0. The molecule has 0 saturated carbocycles. The molecule has 15 heteroatoms. The third-order valence-electron chi connectivity index (χ3n) is 7.32. The van der Waals surface area contributed by atoms with Crippen molar-refractivity contribution in [2.45, 2.75) is 55.0 Å². The fourth-order valence-electron chi connectivity index (χ4n) is 4.84. The van der Waals surface area contributed by atoms with E-state index >= 15 is 0 Å². The number of sulfone groups is 1. The Labute approximate surface area is 267 Å². The summed E-state index contributed by atoms with van der Waals surface area (Å²) in [7, 11) is -3.22. The predicted molar refractivity (Wildman–Crippen MR) is 170 cm³/mol. The van der Waals surface area contributed by atoms with Crippen LogP contribution in [0.4, 0.5) is 11.6 Å². The van der Waals surface area contributed by atoms with Gasteiger partial charge in [-0.2, -0.15) is 0 Å². The van der Waals surface area contributed by atoms with Crippen molar-refractivity contribution in [2.24, 2.45) is 5.73 Å². The number of carboxylic acid groups (broad SMARTS) is 1. The lowest BCUT2D eigenvalue weighted by Gasteiger charge is -2.34. The molecule has 1 saturated heterocycles. The first-order valence-electron chi connectivity index (χ1n) is 14.5. The Bertz CT molecular complexity index is 1670. The molecule has 1 atom stereocenters. The van der Waals surface area contributed by atoms with Crippen molar-refractivity contribution in [1.29, 1.82) is 0 Å². The summed E-state index contributed by atoms with van der Waals surface area (Å²) < 4.78 is 38.3. The monoisotopic (exact) mass is 654 g/mol. The SMILES string of the molecule is COc1cc(C(=O)NC[C@@](N)(C(=O)OC(C)(C)C)S(=O)(=O)c2ccc(C(=O)O)cc2)ccc1N1CCC(Nc2ncccn2)CC1. The number of aromatic carboxylic acids is 1. The van der Waals surface area contributed by atoms with Gasteiger partial charge in [0, 0.05) is 37.1 Å². The van der Waals surface area contributed by atoms with Gasteiger partial charge in [0.05, 0.1) is 29.8 Å². The fraction of sp³-hybridized carbons (Fsp3) is 0.387. The molecule has 1 aromatic heterocycles. The van der Waals surface area contributed by atoms with E-state index in [1.54, 1.807) is 51.4 Å². The summed E-state index contributed by atoms with van der Waals surface area (Å²) in [6.07, 6.45) is 5.00. The van der Waals surface area contributed by atoms with Gasteiger partial charge in [0.25, 0.3) is 5.91 Å². The van der Waals surface area contributed by atoms with Crippen LogP contribution in [-0.4, -0.2) is 84.6 Å². The van der Waals surface area contributed by atoms with Gasteiger partial charge < -0.3 is 35.8 Å². The number of carbonyl (C=O) groups excluding carboxylic acids is 2. The number of methoxy groups -OCH3 is 1. The molecule has 1 aliphatic rings. The maximum Gasteiger partial charge on any atom is 0.344 e. The number of nitrogens with two attached hydrogens (primary N) is 1. The maximum atomic E-state index is 13.7. The van der Waals surface area contributed by atoms with Crippen LogP contribution in [0, 0.1) is 0 Å². The van der Waals surface area contributed by atoms with E-state index in [0.29, 0.717) is 24.8 Å². The van der Waals surface area contributed by atoms with Crippen LogP contribution in [0.1, 0.15) is 54.3 Å². The number of piperidine rings is 1. The molecule has 46 heavy (non-hydrogen) atoms. The van der Waals surface area contributed by atoms with Gasteiger partial charge in [-0.3, -0.25) is 4.79 Å². The molecule has 0 spiro atoms. The van der Waals surface area contributed by atoms with E-state index in [9.17, 15) is 27.9 Å². The van der Waals surface area contributed by atoms with Gasteiger partial charge in [0.2, 0.25) is 20.7 Å². The van der Waals surface area contributed by atoms with Crippen LogP contribution >= 0.6 is 0 Å². The molecule has 0 unspecified atom stereocenters. The zero-order chi connectivity index (χ0) is 33.7. The van der Waals surface area contributed by atoms with Crippen LogP contribution in [0.25, 0.3) is 0 Å². The minimum atomic E-state index is -4.70. The number of hydrogen-bond donors (Lipinski definition) is 4. The number of anilines is 2. The Morgan fingerprint density at radius 2 is 1.63 bits per heavy atom. The number of ether oxygens (including phenoxy) is 2. The van der Waals surface area contributed by atoms with E-state index in [1.165, 1.54) is 13.2 Å². The zero-order valence-corrected chi connectivity index (χ0v) is 26.8. The van der Waals surface area contributed by atoms with Crippen molar-refractivity contribution in [3.8, 4) is 5.75 Å². The second-order valence-corrected chi connectivity index (χ2v) is 14.0. The molecular formula is C31H38N6O8S. The number of hydrogen-bond acceptors (Lipinski definition) is 12. The minimum Gasteiger partial charge on any atom is -0.495 e. The normalized spacial score (nSPS) is 15.4. The van der Waals surface area contributed by atoms with Crippen LogP contribution in [0.3, 0.4) is 0 Å². The van der Waals surface area contributed by atoms with E-state index in [4.69, 9.17) is 15.2 Å². The number of aromatic nitrogens is 2. The van der Waals surface area contributed by atoms with E-state index in [0.717, 1.165) is 42.8 Å². The lowest BCUT2D eigenvalue weighted by Crippen LogP contribution is -2.62. The minimum absolute atomic E-state index is 0.146.